The molecule has 0 N–H and O–H groups in total. The second-order valence-corrected chi connectivity index (χ2v) is 6.50. The number of hydrazine groups is 1. The molecule has 1 aromatic carbocycles. The van der Waals surface area contributed by atoms with E-state index in [1.54, 1.807) is 0 Å². The van der Waals surface area contributed by atoms with Gasteiger partial charge in [-0.05, 0) is 26.3 Å². The van der Waals surface area contributed by atoms with Gasteiger partial charge in [0.25, 0.3) is 0 Å². The highest BCUT2D eigenvalue weighted by Crippen LogP contribution is 2.41. The van der Waals surface area contributed by atoms with Crippen LogP contribution in [0.3, 0.4) is 0 Å². The topological polar surface area (TPSA) is 32.8 Å². The lowest BCUT2D eigenvalue weighted by molar-refractivity contribution is -0.172. The molecule has 0 aromatic heterocycles. The number of carbonyl (C=O) groups excluding carboxylic acids is 1. The van der Waals surface area contributed by atoms with Gasteiger partial charge in [-0.2, -0.15) is 0 Å². The van der Waals surface area contributed by atoms with Gasteiger partial charge in [0.15, 0.2) is 0 Å². The number of rotatable bonds is 2. The predicted molar refractivity (Wildman–Crippen MR) is 76.6 cm³/mol. The van der Waals surface area contributed by atoms with Crippen molar-refractivity contribution in [2.24, 2.45) is 0 Å². The largest absolute Gasteiger partial charge is 0.351 e. The van der Waals surface area contributed by atoms with Gasteiger partial charge in [-0.1, -0.05) is 30.3 Å². The fourth-order valence-corrected chi connectivity index (χ4v) is 3.11. The van der Waals surface area contributed by atoms with Crippen LogP contribution in [0.5, 0.6) is 0 Å². The number of fused-ring (bicyclic) bond motifs is 1. The smallest absolute Gasteiger partial charge is 0.240 e. The molecule has 3 rings (SSSR count). The molecule has 2 fully saturated rings. The zero-order valence-corrected chi connectivity index (χ0v) is 12.4. The molecule has 108 valence electrons. The Bertz CT molecular complexity index is 495. The molecular formula is C16H22N2O2. The molecule has 2 aliphatic heterocycles. The van der Waals surface area contributed by atoms with E-state index in [0.717, 1.165) is 13.0 Å². The van der Waals surface area contributed by atoms with Crippen molar-refractivity contribution in [3.05, 3.63) is 35.9 Å². The van der Waals surface area contributed by atoms with Gasteiger partial charge in [-0.3, -0.25) is 4.79 Å². The number of benzene rings is 1. The van der Waals surface area contributed by atoms with E-state index in [4.69, 9.17) is 4.74 Å². The van der Waals surface area contributed by atoms with Gasteiger partial charge in [0.1, 0.15) is 6.23 Å². The van der Waals surface area contributed by atoms with Gasteiger partial charge >= 0.3 is 0 Å². The lowest BCUT2D eigenvalue weighted by atomic mass is 10.0. The molecule has 20 heavy (non-hydrogen) atoms. The molecule has 2 unspecified atom stereocenters. The van der Waals surface area contributed by atoms with Gasteiger partial charge < -0.3 is 4.74 Å². The lowest BCUT2D eigenvalue weighted by Crippen LogP contribution is -2.42. The molecule has 2 saturated heterocycles. The standard InChI is InChI=1S/C16H22N2O2/c1-16(2,3)20-15-11-13(12-7-5-4-6-8-12)17-10-9-14(19)18(15)17/h4-8,13,15H,9-11H2,1-3H3. The summed E-state index contributed by atoms with van der Waals surface area (Å²) in [5.74, 6) is 0.178. The molecule has 2 atom stereocenters. The number of nitrogens with zero attached hydrogens (tertiary/aromatic N) is 2. The lowest BCUT2D eigenvalue weighted by Gasteiger charge is -2.31. The molecule has 0 aliphatic carbocycles. The Kier molecular flexibility index (Phi) is 3.30. The monoisotopic (exact) mass is 274 g/mol. The SMILES string of the molecule is CC(C)(C)OC1CC(c2ccccc2)N2CCC(=O)N12. The summed E-state index contributed by atoms with van der Waals surface area (Å²) in [6.07, 6.45) is 1.29. The van der Waals surface area contributed by atoms with Gasteiger partial charge in [-0.25, -0.2) is 10.0 Å². The number of amides is 1. The third-order valence-electron chi connectivity index (χ3n) is 3.82. The summed E-state index contributed by atoms with van der Waals surface area (Å²) in [5.41, 5.74) is 1.01. The van der Waals surface area contributed by atoms with Crippen LogP contribution in [0.4, 0.5) is 0 Å². The summed E-state index contributed by atoms with van der Waals surface area (Å²) in [5, 5.41) is 4.01. The maximum absolute atomic E-state index is 12.1. The summed E-state index contributed by atoms with van der Waals surface area (Å²) < 4.78 is 6.10. The molecule has 0 bridgehead atoms. The number of carbonyl (C=O) groups is 1. The summed E-state index contributed by atoms with van der Waals surface area (Å²) in [6.45, 7) is 6.90. The first-order valence-corrected chi connectivity index (χ1v) is 7.27. The van der Waals surface area contributed by atoms with Crippen LogP contribution in [0, 0.1) is 0 Å². The first kappa shape index (κ1) is 13.6. The summed E-state index contributed by atoms with van der Waals surface area (Å²) in [4.78, 5) is 12.1. The third-order valence-corrected chi connectivity index (χ3v) is 3.82. The molecule has 1 amide bonds. The van der Waals surface area contributed by atoms with Crippen molar-refractivity contribution in [2.75, 3.05) is 6.54 Å². The number of hydrogen-bond donors (Lipinski definition) is 0. The molecular weight excluding hydrogens is 252 g/mol. The Morgan fingerprint density at radius 3 is 2.55 bits per heavy atom. The Morgan fingerprint density at radius 2 is 1.90 bits per heavy atom. The fraction of sp³-hybridized carbons (Fsp3) is 0.562. The highest BCUT2D eigenvalue weighted by molar-refractivity contribution is 5.78. The zero-order valence-electron chi connectivity index (χ0n) is 12.4. The number of hydrogen-bond acceptors (Lipinski definition) is 3. The van der Waals surface area contributed by atoms with Gasteiger partial charge in [-0.15, -0.1) is 0 Å². The van der Waals surface area contributed by atoms with Gasteiger partial charge in [0, 0.05) is 19.4 Å². The van der Waals surface area contributed by atoms with E-state index in [1.165, 1.54) is 5.56 Å². The Morgan fingerprint density at radius 1 is 1.20 bits per heavy atom. The maximum Gasteiger partial charge on any atom is 0.240 e. The second kappa shape index (κ2) is 4.86. The maximum atomic E-state index is 12.1. The van der Waals surface area contributed by atoms with E-state index in [1.807, 2.05) is 31.8 Å². The van der Waals surface area contributed by atoms with Crippen LogP contribution >= 0.6 is 0 Å². The average molecular weight is 274 g/mol. The molecule has 0 spiro atoms. The van der Waals surface area contributed by atoms with Crippen LogP contribution in [0.15, 0.2) is 30.3 Å². The van der Waals surface area contributed by atoms with Crippen LogP contribution in [-0.2, 0) is 9.53 Å². The van der Waals surface area contributed by atoms with Crippen molar-refractivity contribution in [2.45, 2.75) is 51.5 Å². The molecule has 2 heterocycles. The van der Waals surface area contributed by atoms with Crippen molar-refractivity contribution in [3.63, 3.8) is 0 Å². The molecule has 2 aliphatic rings. The van der Waals surface area contributed by atoms with Crippen molar-refractivity contribution >= 4 is 5.91 Å². The highest BCUT2D eigenvalue weighted by atomic mass is 16.5. The summed E-state index contributed by atoms with van der Waals surface area (Å²) >= 11 is 0. The van der Waals surface area contributed by atoms with Crippen LogP contribution in [0.2, 0.25) is 0 Å². The molecule has 0 saturated carbocycles. The van der Waals surface area contributed by atoms with Crippen LogP contribution in [0.25, 0.3) is 0 Å². The predicted octanol–water partition coefficient (Wildman–Crippen LogP) is 2.72. The van der Waals surface area contributed by atoms with Crippen LogP contribution < -0.4 is 0 Å². The minimum Gasteiger partial charge on any atom is -0.351 e. The third kappa shape index (κ3) is 2.45. The van der Waals surface area contributed by atoms with Crippen LogP contribution in [0.1, 0.15) is 45.2 Å². The number of ether oxygens (including phenoxy) is 1. The van der Waals surface area contributed by atoms with Gasteiger partial charge in [0.2, 0.25) is 5.91 Å². The highest BCUT2D eigenvalue weighted by Gasteiger charge is 2.47. The van der Waals surface area contributed by atoms with E-state index in [0.29, 0.717) is 6.42 Å². The van der Waals surface area contributed by atoms with E-state index in [9.17, 15) is 4.79 Å². The van der Waals surface area contributed by atoms with Crippen molar-refractivity contribution in [1.82, 2.24) is 10.0 Å². The molecule has 0 radical (unpaired) electrons. The first-order chi connectivity index (χ1) is 9.46. The Labute approximate surface area is 120 Å². The minimum absolute atomic E-state index is 0.143. The Balaban J connectivity index is 1.86. The van der Waals surface area contributed by atoms with E-state index in [2.05, 4.69) is 29.3 Å². The quantitative estimate of drug-likeness (QED) is 0.831. The van der Waals surface area contributed by atoms with E-state index in [-0.39, 0.29) is 23.8 Å². The zero-order chi connectivity index (χ0) is 14.3. The van der Waals surface area contributed by atoms with Crippen molar-refractivity contribution in [3.8, 4) is 0 Å². The average Bonchev–Trinajstić information content (AvgIpc) is 2.91. The minimum atomic E-state index is -0.245. The summed E-state index contributed by atoms with van der Waals surface area (Å²) in [7, 11) is 0. The van der Waals surface area contributed by atoms with Crippen LogP contribution in [-0.4, -0.2) is 34.3 Å². The summed E-state index contributed by atoms with van der Waals surface area (Å²) in [6, 6.07) is 10.6. The Hall–Kier alpha value is -1.39. The normalized spacial score (nSPS) is 27.1. The molecule has 4 heteroatoms. The first-order valence-electron chi connectivity index (χ1n) is 7.27. The van der Waals surface area contributed by atoms with E-state index < -0.39 is 0 Å². The van der Waals surface area contributed by atoms with Gasteiger partial charge in [0.05, 0.1) is 11.6 Å². The van der Waals surface area contributed by atoms with Crippen molar-refractivity contribution < 1.29 is 9.53 Å². The molecule has 1 aromatic rings. The van der Waals surface area contributed by atoms with E-state index >= 15 is 0 Å². The van der Waals surface area contributed by atoms with Crippen molar-refractivity contribution in [1.29, 1.82) is 0 Å². The second-order valence-electron chi connectivity index (χ2n) is 6.50. The molecule has 4 nitrogen and oxygen atoms in total. The fourth-order valence-electron chi connectivity index (χ4n) is 3.11.